The molecule has 0 aromatic heterocycles. The Morgan fingerprint density at radius 3 is 2.44 bits per heavy atom. The summed E-state index contributed by atoms with van der Waals surface area (Å²) in [6.07, 6.45) is 0. The molecule has 3 amide bonds. The van der Waals surface area contributed by atoms with Gasteiger partial charge in [-0.05, 0) is 18.4 Å². The van der Waals surface area contributed by atoms with Crippen molar-refractivity contribution in [3.05, 3.63) is 35.4 Å². The average Bonchev–Trinajstić information content (AvgIpc) is 2.55. The summed E-state index contributed by atoms with van der Waals surface area (Å²) < 4.78 is 0. The van der Waals surface area contributed by atoms with Crippen molar-refractivity contribution < 1.29 is 9.59 Å². The van der Waals surface area contributed by atoms with Crippen molar-refractivity contribution >= 4 is 11.9 Å². The van der Waals surface area contributed by atoms with Crippen LogP contribution in [0.15, 0.2) is 24.3 Å². The molecule has 1 saturated heterocycles. The minimum atomic E-state index is -0.406. The van der Waals surface area contributed by atoms with Gasteiger partial charge in [-0.15, -0.1) is 0 Å². The number of nitrogens with one attached hydrogen (secondary N) is 2. The Bertz CT molecular complexity index is 581. The summed E-state index contributed by atoms with van der Waals surface area (Å²) in [5.74, 6) is 0.121. The summed E-state index contributed by atoms with van der Waals surface area (Å²) in [4.78, 5) is 28.1. The summed E-state index contributed by atoms with van der Waals surface area (Å²) in [7, 11) is 0. The van der Waals surface area contributed by atoms with E-state index in [0.717, 1.165) is 32.7 Å². The second-order valence-electron chi connectivity index (χ2n) is 7.19. The van der Waals surface area contributed by atoms with Crippen molar-refractivity contribution in [2.45, 2.75) is 27.3 Å². The predicted molar refractivity (Wildman–Crippen MR) is 99.3 cm³/mol. The largest absolute Gasteiger partial charge is 0.338 e. The van der Waals surface area contributed by atoms with E-state index in [9.17, 15) is 9.59 Å². The van der Waals surface area contributed by atoms with Gasteiger partial charge in [0, 0.05) is 39.3 Å². The Hall–Kier alpha value is -1.92. The molecule has 2 rings (SSSR count). The van der Waals surface area contributed by atoms with Gasteiger partial charge in [0.05, 0.1) is 6.54 Å². The van der Waals surface area contributed by atoms with Crippen LogP contribution < -0.4 is 10.6 Å². The van der Waals surface area contributed by atoms with Gasteiger partial charge in [0.25, 0.3) is 0 Å². The first-order valence-corrected chi connectivity index (χ1v) is 9.00. The van der Waals surface area contributed by atoms with Gasteiger partial charge >= 0.3 is 6.03 Å². The van der Waals surface area contributed by atoms with Crippen LogP contribution in [0.4, 0.5) is 4.79 Å². The Morgan fingerprint density at radius 1 is 1.12 bits per heavy atom. The van der Waals surface area contributed by atoms with E-state index in [4.69, 9.17) is 0 Å². The van der Waals surface area contributed by atoms with Crippen LogP contribution in [-0.2, 0) is 11.3 Å². The van der Waals surface area contributed by atoms with Gasteiger partial charge < -0.3 is 5.32 Å². The lowest BCUT2D eigenvalue weighted by Gasteiger charge is -2.34. The monoisotopic (exact) mass is 346 g/mol. The molecule has 1 aliphatic heterocycles. The average molecular weight is 346 g/mol. The van der Waals surface area contributed by atoms with Gasteiger partial charge in [-0.2, -0.15) is 0 Å². The van der Waals surface area contributed by atoms with Gasteiger partial charge in [-0.1, -0.05) is 43.7 Å². The number of benzene rings is 1. The minimum Gasteiger partial charge on any atom is -0.338 e. The molecule has 0 spiro atoms. The van der Waals surface area contributed by atoms with E-state index in [1.165, 1.54) is 11.1 Å². The molecule has 0 unspecified atom stereocenters. The molecule has 0 radical (unpaired) electrons. The fourth-order valence-corrected chi connectivity index (χ4v) is 2.88. The topological polar surface area (TPSA) is 64.7 Å². The zero-order valence-electron chi connectivity index (χ0n) is 15.5. The first-order valence-electron chi connectivity index (χ1n) is 9.00. The van der Waals surface area contributed by atoms with Gasteiger partial charge in [-0.25, -0.2) is 4.79 Å². The molecule has 1 aromatic carbocycles. The summed E-state index contributed by atoms with van der Waals surface area (Å²) >= 11 is 0. The Balaban J connectivity index is 1.67. The number of hydrogen-bond donors (Lipinski definition) is 2. The van der Waals surface area contributed by atoms with Gasteiger partial charge in [0.15, 0.2) is 0 Å². The summed E-state index contributed by atoms with van der Waals surface area (Å²) in [5, 5.41) is 5.09. The van der Waals surface area contributed by atoms with E-state index in [-0.39, 0.29) is 12.5 Å². The quantitative estimate of drug-likeness (QED) is 0.821. The molecule has 0 saturated carbocycles. The highest BCUT2D eigenvalue weighted by molar-refractivity contribution is 5.95. The molecule has 0 aliphatic carbocycles. The molecule has 25 heavy (non-hydrogen) atoms. The number of hydrogen-bond acceptors (Lipinski definition) is 4. The molecule has 0 bridgehead atoms. The number of piperazine rings is 1. The van der Waals surface area contributed by atoms with Crippen LogP contribution in [0.1, 0.15) is 25.0 Å². The van der Waals surface area contributed by atoms with E-state index in [2.05, 4.69) is 51.6 Å². The normalized spacial score (nSPS) is 16.0. The summed E-state index contributed by atoms with van der Waals surface area (Å²) in [5.41, 5.74) is 2.61. The fraction of sp³-hybridized carbons (Fsp3) is 0.579. The molecule has 6 nitrogen and oxygen atoms in total. The highest BCUT2D eigenvalue weighted by Crippen LogP contribution is 2.10. The van der Waals surface area contributed by atoms with Crippen molar-refractivity contribution in [3.63, 3.8) is 0 Å². The van der Waals surface area contributed by atoms with E-state index in [0.29, 0.717) is 12.5 Å². The predicted octanol–water partition coefficient (Wildman–Crippen LogP) is 1.59. The first kappa shape index (κ1) is 19.4. The van der Waals surface area contributed by atoms with Crippen LogP contribution in [0, 0.1) is 12.8 Å². The number of aryl methyl sites for hydroxylation is 1. The molecule has 1 fully saturated rings. The summed E-state index contributed by atoms with van der Waals surface area (Å²) in [6.45, 7) is 11.5. The number of carbonyl (C=O) groups is 2. The Kier molecular flexibility index (Phi) is 7.40. The molecule has 2 N–H and O–H groups in total. The molecular formula is C19H30N4O2. The number of carbonyl (C=O) groups excluding carboxylic acids is 2. The van der Waals surface area contributed by atoms with Crippen molar-refractivity contribution in [3.8, 4) is 0 Å². The van der Waals surface area contributed by atoms with Crippen LogP contribution in [0.2, 0.25) is 0 Å². The lowest BCUT2D eigenvalue weighted by molar-refractivity contribution is -0.121. The molecular weight excluding hydrogens is 316 g/mol. The maximum absolute atomic E-state index is 11.9. The lowest BCUT2D eigenvalue weighted by atomic mass is 10.1. The molecule has 0 atom stereocenters. The van der Waals surface area contributed by atoms with Crippen molar-refractivity contribution in [2.24, 2.45) is 5.92 Å². The molecule has 138 valence electrons. The molecule has 1 aliphatic rings. The highest BCUT2D eigenvalue weighted by atomic mass is 16.2. The highest BCUT2D eigenvalue weighted by Gasteiger charge is 2.19. The van der Waals surface area contributed by atoms with Gasteiger partial charge in [0.2, 0.25) is 5.91 Å². The first-order chi connectivity index (χ1) is 11.9. The van der Waals surface area contributed by atoms with Crippen LogP contribution in [0.25, 0.3) is 0 Å². The smallest absolute Gasteiger partial charge is 0.321 e. The van der Waals surface area contributed by atoms with E-state index >= 15 is 0 Å². The number of rotatable bonds is 6. The van der Waals surface area contributed by atoms with E-state index in [1.807, 2.05) is 13.8 Å². The van der Waals surface area contributed by atoms with Crippen molar-refractivity contribution in [1.29, 1.82) is 0 Å². The third-order valence-electron chi connectivity index (χ3n) is 4.24. The summed E-state index contributed by atoms with van der Waals surface area (Å²) in [6, 6.07) is 8.17. The zero-order valence-corrected chi connectivity index (χ0v) is 15.5. The third kappa shape index (κ3) is 7.23. The lowest BCUT2D eigenvalue weighted by Crippen LogP contribution is -2.51. The van der Waals surface area contributed by atoms with Gasteiger partial charge in [-0.3, -0.25) is 19.9 Å². The number of imide groups is 1. The number of urea groups is 1. The third-order valence-corrected chi connectivity index (χ3v) is 4.24. The molecule has 6 heteroatoms. The van der Waals surface area contributed by atoms with E-state index < -0.39 is 6.03 Å². The Labute approximate surface area is 150 Å². The molecule has 1 aromatic rings. The van der Waals surface area contributed by atoms with Crippen LogP contribution in [0.3, 0.4) is 0 Å². The van der Waals surface area contributed by atoms with Crippen molar-refractivity contribution in [2.75, 3.05) is 39.3 Å². The zero-order chi connectivity index (χ0) is 18.2. The number of amides is 3. The SMILES string of the molecule is Cc1cccc(CN2CCN(CC(=O)NC(=O)NCC(C)C)CC2)c1. The second-order valence-corrected chi connectivity index (χ2v) is 7.19. The van der Waals surface area contributed by atoms with Crippen LogP contribution in [-0.4, -0.2) is 61.0 Å². The molecule has 1 heterocycles. The standard InChI is InChI=1S/C19H30N4O2/c1-15(2)12-20-19(25)21-18(24)14-23-9-7-22(8-10-23)13-17-6-4-5-16(3)11-17/h4-6,11,15H,7-10,12-14H2,1-3H3,(H2,20,21,24,25). The van der Waals surface area contributed by atoms with E-state index in [1.54, 1.807) is 0 Å². The minimum absolute atomic E-state index is 0.242. The number of nitrogens with zero attached hydrogens (tertiary/aromatic N) is 2. The fourth-order valence-electron chi connectivity index (χ4n) is 2.88. The van der Waals surface area contributed by atoms with Crippen LogP contribution >= 0.6 is 0 Å². The maximum atomic E-state index is 11.9. The van der Waals surface area contributed by atoms with Crippen LogP contribution in [0.5, 0.6) is 0 Å². The second kappa shape index (κ2) is 9.53. The maximum Gasteiger partial charge on any atom is 0.321 e. The Morgan fingerprint density at radius 2 is 1.80 bits per heavy atom. The van der Waals surface area contributed by atoms with Crippen molar-refractivity contribution in [1.82, 2.24) is 20.4 Å². The van der Waals surface area contributed by atoms with Gasteiger partial charge in [0.1, 0.15) is 0 Å².